The van der Waals surface area contributed by atoms with Crippen LogP contribution in [0.2, 0.25) is 0 Å². The van der Waals surface area contributed by atoms with E-state index in [1.54, 1.807) is 6.92 Å². The fourth-order valence-corrected chi connectivity index (χ4v) is 4.66. The van der Waals surface area contributed by atoms with Gasteiger partial charge >= 0.3 is 0 Å². The molecule has 1 aliphatic carbocycles. The van der Waals surface area contributed by atoms with Crippen LogP contribution in [0.1, 0.15) is 24.0 Å². The molecule has 0 spiro atoms. The normalized spacial score (nSPS) is 26.9. The van der Waals surface area contributed by atoms with E-state index in [1.807, 2.05) is 31.2 Å². The lowest BCUT2D eigenvalue weighted by Gasteiger charge is -2.01. The topological polar surface area (TPSA) is 60.2 Å². The Morgan fingerprint density at radius 1 is 1.33 bits per heavy atom. The van der Waals surface area contributed by atoms with E-state index in [1.165, 1.54) is 0 Å². The molecule has 0 radical (unpaired) electrons. The Labute approximate surface area is 113 Å². The molecule has 0 amide bonds. The second-order valence-corrected chi connectivity index (χ2v) is 7.70. The zero-order chi connectivity index (χ0) is 13.5. The highest BCUT2D eigenvalue weighted by Crippen LogP contribution is 2.52. The van der Waals surface area contributed by atoms with E-state index in [9.17, 15) is 8.42 Å². The van der Waals surface area contributed by atoms with Gasteiger partial charge in [-0.1, -0.05) is 49.0 Å². The Balaban J connectivity index is 2.33. The molecule has 98 valence electrons. The number of benzene rings is 1. The largest absolute Gasteiger partial charge is 0.393 e. The van der Waals surface area contributed by atoms with Crippen LogP contribution in [-0.2, 0) is 9.84 Å². The van der Waals surface area contributed by atoms with E-state index in [4.69, 9.17) is 18.0 Å². The monoisotopic (exact) mass is 283 g/mol. The van der Waals surface area contributed by atoms with Gasteiger partial charge < -0.3 is 5.73 Å². The van der Waals surface area contributed by atoms with Gasteiger partial charge in [-0.15, -0.1) is 0 Å². The standard InChI is InChI=1S/C13H17NO2S2/c1-3-18(15,16)12-10(11(12)13(14)17)9-6-4-8(2)5-7-9/h4-7,10-12H,3H2,1-2H3,(H2,14,17)/t10-,11-,12+/m0/s1. The van der Waals surface area contributed by atoms with Crippen molar-refractivity contribution in [2.45, 2.75) is 25.0 Å². The number of hydrogen-bond acceptors (Lipinski definition) is 3. The second kappa shape index (κ2) is 4.63. The van der Waals surface area contributed by atoms with Crippen molar-refractivity contribution in [1.29, 1.82) is 0 Å². The molecule has 2 N–H and O–H groups in total. The fourth-order valence-electron chi connectivity index (χ4n) is 2.45. The molecule has 1 aliphatic rings. The smallest absolute Gasteiger partial charge is 0.154 e. The fraction of sp³-hybridized carbons (Fsp3) is 0.462. The van der Waals surface area contributed by atoms with Crippen molar-refractivity contribution in [3.8, 4) is 0 Å². The number of thiocarbonyl (C=S) groups is 1. The third kappa shape index (κ3) is 2.29. The summed E-state index contributed by atoms with van der Waals surface area (Å²) in [4.78, 5) is 0.308. The van der Waals surface area contributed by atoms with Crippen LogP contribution in [0.5, 0.6) is 0 Å². The first-order chi connectivity index (χ1) is 8.38. The van der Waals surface area contributed by atoms with E-state index in [2.05, 4.69) is 0 Å². The highest BCUT2D eigenvalue weighted by molar-refractivity contribution is 7.92. The van der Waals surface area contributed by atoms with Gasteiger partial charge in [-0.2, -0.15) is 0 Å². The van der Waals surface area contributed by atoms with Crippen molar-refractivity contribution in [3.63, 3.8) is 0 Å². The minimum atomic E-state index is -3.09. The van der Waals surface area contributed by atoms with Crippen LogP contribution in [0, 0.1) is 12.8 Å². The van der Waals surface area contributed by atoms with E-state index < -0.39 is 15.1 Å². The van der Waals surface area contributed by atoms with Crippen LogP contribution >= 0.6 is 12.2 Å². The van der Waals surface area contributed by atoms with E-state index in [-0.39, 0.29) is 17.6 Å². The lowest BCUT2D eigenvalue weighted by Crippen LogP contribution is -2.18. The van der Waals surface area contributed by atoms with Gasteiger partial charge in [-0.3, -0.25) is 0 Å². The van der Waals surface area contributed by atoms with Gasteiger partial charge in [0.15, 0.2) is 9.84 Å². The second-order valence-electron chi connectivity index (χ2n) is 4.78. The third-order valence-electron chi connectivity index (χ3n) is 3.56. The molecule has 0 aliphatic heterocycles. The van der Waals surface area contributed by atoms with Crippen molar-refractivity contribution in [2.24, 2.45) is 11.7 Å². The molecule has 0 saturated heterocycles. The summed E-state index contributed by atoms with van der Waals surface area (Å²) in [5.41, 5.74) is 7.83. The molecule has 1 aromatic rings. The average Bonchev–Trinajstić information content (AvgIpc) is 3.06. The quantitative estimate of drug-likeness (QED) is 0.856. The molecular formula is C13H17NO2S2. The van der Waals surface area contributed by atoms with Crippen molar-refractivity contribution in [2.75, 3.05) is 5.75 Å². The molecule has 5 heteroatoms. The highest BCUT2D eigenvalue weighted by atomic mass is 32.2. The lowest BCUT2D eigenvalue weighted by molar-refractivity contribution is 0.594. The Bertz CT molecular complexity index is 563. The maximum absolute atomic E-state index is 12.0. The van der Waals surface area contributed by atoms with Crippen LogP contribution in [0.3, 0.4) is 0 Å². The van der Waals surface area contributed by atoms with E-state index >= 15 is 0 Å². The summed E-state index contributed by atoms with van der Waals surface area (Å²) in [6.07, 6.45) is 0. The van der Waals surface area contributed by atoms with Gasteiger partial charge in [0.2, 0.25) is 0 Å². The molecule has 0 heterocycles. The Hall–Kier alpha value is -0.940. The van der Waals surface area contributed by atoms with Crippen LogP contribution in [-0.4, -0.2) is 24.4 Å². The SMILES string of the molecule is CCS(=O)(=O)[C@H]1[C@@H](C(N)=S)[C@@H]1c1ccc(C)cc1. The van der Waals surface area contributed by atoms with E-state index in [0.29, 0.717) is 4.99 Å². The molecule has 3 atom stereocenters. The summed E-state index contributed by atoms with van der Waals surface area (Å²) in [6.45, 7) is 3.67. The van der Waals surface area contributed by atoms with Crippen LogP contribution < -0.4 is 5.73 Å². The lowest BCUT2D eigenvalue weighted by atomic mass is 10.1. The summed E-state index contributed by atoms with van der Waals surface area (Å²) in [7, 11) is -3.09. The van der Waals surface area contributed by atoms with Crippen molar-refractivity contribution in [3.05, 3.63) is 35.4 Å². The molecule has 2 rings (SSSR count). The number of rotatable bonds is 4. The van der Waals surface area contributed by atoms with Gasteiger partial charge in [-0.05, 0) is 12.5 Å². The van der Waals surface area contributed by atoms with Gasteiger partial charge in [-0.25, -0.2) is 8.42 Å². The van der Waals surface area contributed by atoms with Gasteiger partial charge in [0.05, 0.1) is 10.2 Å². The van der Waals surface area contributed by atoms with Crippen molar-refractivity contribution in [1.82, 2.24) is 0 Å². The zero-order valence-corrected chi connectivity index (χ0v) is 12.1. The zero-order valence-electron chi connectivity index (χ0n) is 10.5. The predicted molar refractivity (Wildman–Crippen MR) is 77.4 cm³/mol. The summed E-state index contributed by atoms with van der Waals surface area (Å²) in [6, 6.07) is 7.91. The molecule has 0 aromatic heterocycles. The van der Waals surface area contributed by atoms with Crippen LogP contribution in [0.4, 0.5) is 0 Å². The highest BCUT2D eigenvalue weighted by Gasteiger charge is 2.59. The molecular weight excluding hydrogens is 266 g/mol. The maximum Gasteiger partial charge on any atom is 0.154 e. The Morgan fingerprint density at radius 2 is 1.89 bits per heavy atom. The average molecular weight is 283 g/mol. The summed E-state index contributed by atoms with van der Waals surface area (Å²) < 4.78 is 24.0. The van der Waals surface area contributed by atoms with Crippen LogP contribution in [0.25, 0.3) is 0 Å². The molecule has 3 nitrogen and oxygen atoms in total. The maximum atomic E-state index is 12.0. The van der Waals surface area contributed by atoms with Gasteiger partial charge in [0.25, 0.3) is 0 Å². The minimum Gasteiger partial charge on any atom is -0.393 e. The molecule has 0 unspecified atom stereocenters. The minimum absolute atomic E-state index is 0.0620. The summed E-state index contributed by atoms with van der Waals surface area (Å²) in [5.74, 6) is -0.125. The molecule has 1 saturated carbocycles. The summed E-state index contributed by atoms with van der Waals surface area (Å²) >= 11 is 4.99. The van der Waals surface area contributed by atoms with Gasteiger partial charge in [0.1, 0.15) is 0 Å². The number of sulfone groups is 1. The van der Waals surface area contributed by atoms with Gasteiger partial charge in [0, 0.05) is 17.6 Å². The first-order valence-corrected chi connectivity index (χ1v) is 8.08. The van der Waals surface area contributed by atoms with Crippen LogP contribution in [0.15, 0.2) is 24.3 Å². The van der Waals surface area contributed by atoms with Crippen molar-refractivity contribution >= 4 is 27.0 Å². The molecule has 0 bridgehead atoms. The number of hydrogen-bond donors (Lipinski definition) is 1. The molecule has 1 fully saturated rings. The van der Waals surface area contributed by atoms with E-state index in [0.717, 1.165) is 11.1 Å². The third-order valence-corrected chi connectivity index (χ3v) is 6.05. The molecule has 18 heavy (non-hydrogen) atoms. The first-order valence-electron chi connectivity index (χ1n) is 5.96. The number of aryl methyl sites for hydroxylation is 1. The van der Waals surface area contributed by atoms with Crippen molar-refractivity contribution < 1.29 is 8.42 Å². The Morgan fingerprint density at radius 3 is 2.33 bits per heavy atom. The predicted octanol–water partition coefficient (Wildman–Crippen LogP) is 1.80. The molecule has 1 aromatic carbocycles. The Kier molecular flexibility index (Phi) is 3.47. The first kappa shape index (κ1) is 13.5. The summed E-state index contributed by atoms with van der Waals surface area (Å²) in [5, 5.41) is -0.428. The number of nitrogens with two attached hydrogens (primary N) is 1.